The first-order valence-corrected chi connectivity index (χ1v) is 8.64. The Balaban J connectivity index is 1.74. The zero-order chi connectivity index (χ0) is 18.0. The van der Waals surface area contributed by atoms with E-state index in [1.807, 2.05) is 39.1 Å². The number of pyridine rings is 1. The van der Waals surface area contributed by atoms with Gasteiger partial charge in [0.15, 0.2) is 0 Å². The van der Waals surface area contributed by atoms with E-state index in [0.29, 0.717) is 0 Å². The van der Waals surface area contributed by atoms with Gasteiger partial charge in [0.1, 0.15) is 5.60 Å². The molecule has 1 aliphatic carbocycles. The summed E-state index contributed by atoms with van der Waals surface area (Å²) in [6, 6.07) is 6.13. The van der Waals surface area contributed by atoms with Crippen molar-refractivity contribution in [3.05, 3.63) is 42.2 Å². The third-order valence-electron chi connectivity index (χ3n) is 4.33. The van der Waals surface area contributed by atoms with Gasteiger partial charge in [0, 0.05) is 29.5 Å². The van der Waals surface area contributed by atoms with Crippen LogP contribution in [0, 0.1) is 0 Å². The first-order valence-electron chi connectivity index (χ1n) is 8.64. The van der Waals surface area contributed by atoms with Gasteiger partial charge in [-0.1, -0.05) is 12.1 Å². The second-order valence-corrected chi connectivity index (χ2v) is 7.47. The van der Waals surface area contributed by atoms with E-state index in [1.165, 1.54) is 11.1 Å². The number of amides is 1. The third-order valence-corrected chi connectivity index (χ3v) is 4.33. The van der Waals surface area contributed by atoms with Gasteiger partial charge >= 0.3 is 6.09 Å². The second-order valence-electron chi connectivity index (χ2n) is 7.47. The summed E-state index contributed by atoms with van der Waals surface area (Å²) in [7, 11) is 0. The molecule has 3 N–H and O–H groups in total. The summed E-state index contributed by atoms with van der Waals surface area (Å²) in [5, 5.41) is 5.06. The van der Waals surface area contributed by atoms with Crippen molar-refractivity contribution >= 4 is 28.1 Å². The van der Waals surface area contributed by atoms with Crippen LogP contribution >= 0.6 is 0 Å². The van der Waals surface area contributed by atoms with Crippen molar-refractivity contribution in [2.75, 3.05) is 5.73 Å². The molecular weight excluding hydrogens is 314 g/mol. The summed E-state index contributed by atoms with van der Waals surface area (Å²) in [6.45, 7) is 5.60. The molecule has 0 fully saturated rings. The van der Waals surface area contributed by atoms with E-state index in [4.69, 9.17) is 10.5 Å². The Labute approximate surface area is 148 Å². The van der Waals surface area contributed by atoms with Crippen LogP contribution in [0.1, 0.15) is 45.6 Å². The molecule has 2 aromatic rings. The Kier molecular flexibility index (Phi) is 4.66. The van der Waals surface area contributed by atoms with E-state index < -0.39 is 5.60 Å². The number of nitrogens with zero attached hydrogens (tertiary/aromatic N) is 1. The normalized spacial score (nSPS) is 17.9. The van der Waals surface area contributed by atoms with E-state index >= 15 is 0 Å². The predicted octanol–water partition coefficient (Wildman–Crippen LogP) is 4.28. The van der Waals surface area contributed by atoms with Crippen LogP contribution in [-0.4, -0.2) is 22.7 Å². The van der Waals surface area contributed by atoms with Crippen molar-refractivity contribution in [2.45, 2.75) is 51.7 Å². The highest BCUT2D eigenvalue weighted by molar-refractivity contribution is 6.00. The van der Waals surface area contributed by atoms with Gasteiger partial charge in [0.2, 0.25) is 0 Å². The minimum absolute atomic E-state index is 0.111. The number of hydrogen-bond acceptors (Lipinski definition) is 4. The minimum Gasteiger partial charge on any atom is -0.444 e. The molecule has 0 aliphatic heterocycles. The lowest BCUT2D eigenvalue weighted by Crippen LogP contribution is -2.39. The zero-order valence-corrected chi connectivity index (χ0v) is 15.0. The average Bonchev–Trinajstić information content (AvgIpc) is 2.55. The lowest BCUT2D eigenvalue weighted by atomic mass is 9.88. The summed E-state index contributed by atoms with van der Waals surface area (Å²) >= 11 is 0. The molecule has 0 saturated heterocycles. The van der Waals surface area contributed by atoms with Crippen LogP contribution in [-0.2, 0) is 4.74 Å². The fourth-order valence-corrected chi connectivity index (χ4v) is 3.18. The molecule has 1 amide bonds. The number of anilines is 1. The van der Waals surface area contributed by atoms with Crippen LogP contribution in [0.15, 0.2) is 36.7 Å². The predicted molar refractivity (Wildman–Crippen MR) is 101 cm³/mol. The SMILES string of the molecule is CC(C)(C)OC(=O)NC1CC=C(c2ccc(N)c3cnccc23)CC1. The van der Waals surface area contributed by atoms with Crippen molar-refractivity contribution in [1.82, 2.24) is 10.3 Å². The Morgan fingerprint density at radius 3 is 2.76 bits per heavy atom. The first kappa shape index (κ1) is 17.3. The summed E-state index contributed by atoms with van der Waals surface area (Å²) in [6.07, 6.45) is 8.05. The highest BCUT2D eigenvalue weighted by Gasteiger charge is 2.22. The van der Waals surface area contributed by atoms with Crippen LogP contribution < -0.4 is 11.1 Å². The lowest BCUT2D eigenvalue weighted by molar-refractivity contribution is 0.0502. The molecule has 132 valence electrons. The number of benzene rings is 1. The number of carbonyl (C=O) groups excluding carboxylic acids is 1. The highest BCUT2D eigenvalue weighted by atomic mass is 16.6. The van der Waals surface area contributed by atoms with Gasteiger partial charge in [-0.3, -0.25) is 4.98 Å². The van der Waals surface area contributed by atoms with Crippen molar-refractivity contribution in [1.29, 1.82) is 0 Å². The van der Waals surface area contributed by atoms with Crippen LogP contribution in [0.3, 0.4) is 0 Å². The summed E-state index contributed by atoms with van der Waals surface area (Å²) in [5.74, 6) is 0. The molecule has 1 aliphatic rings. The highest BCUT2D eigenvalue weighted by Crippen LogP contribution is 2.33. The fourth-order valence-electron chi connectivity index (χ4n) is 3.18. The zero-order valence-electron chi connectivity index (χ0n) is 15.0. The number of nitrogens with two attached hydrogens (primary N) is 1. The van der Waals surface area contributed by atoms with Crippen LogP contribution in [0.4, 0.5) is 10.5 Å². The summed E-state index contributed by atoms with van der Waals surface area (Å²) in [5.41, 5.74) is 8.82. The average molecular weight is 339 g/mol. The van der Waals surface area contributed by atoms with Crippen molar-refractivity contribution in [3.63, 3.8) is 0 Å². The number of nitrogen functional groups attached to an aromatic ring is 1. The number of allylic oxidation sites excluding steroid dienone is 1. The van der Waals surface area contributed by atoms with Gasteiger partial charge < -0.3 is 15.8 Å². The van der Waals surface area contributed by atoms with E-state index in [-0.39, 0.29) is 12.1 Å². The Hall–Kier alpha value is -2.56. The number of nitrogens with one attached hydrogen (secondary N) is 1. The molecule has 0 spiro atoms. The molecule has 1 heterocycles. The Bertz CT molecular complexity index is 821. The van der Waals surface area contributed by atoms with Gasteiger partial charge in [-0.2, -0.15) is 0 Å². The minimum atomic E-state index is -0.476. The molecule has 5 nitrogen and oxygen atoms in total. The van der Waals surface area contributed by atoms with E-state index in [1.54, 1.807) is 6.20 Å². The molecule has 1 aromatic heterocycles. The molecule has 3 rings (SSSR count). The molecule has 0 saturated carbocycles. The maximum Gasteiger partial charge on any atom is 0.407 e. The van der Waals surface area contributed by atoms with Crippen molar-refractivity contribution in [2.24, 2.45) is 0 Å². The van der Waals surface area contributed by atoms with E-state index in [9.17, 15) is 4.79 Å². The molecule has 1 unspecified atom stereocenters. The van der Waals surface area contributed by atoms with Gasteiger partial charge in [0.05, 0.1) is 0 Å². The number of aromatic nitrogens is 1. The summed E-state index contributed by atoms with van der Waals surface area (Å²) < 4.78 is 5.33. The topological polar surface area (TPSA) is 77.2 Å². The molecule has 0 bridgehead atoms. The first-order chi connectivity index (χ1) is 11.8. The fraction of sp³-hybridized carbons (Fsp3) is 0.400. The van der Waals surface area contributed by atoms with Crippen LogP contribution in [0.5, 0.6) is 0 Å². The largest absolute Gasteiger partial charge is 0.444 e. The van der Waals surface area contributed by atoms with Crippen molar-refractivity contribution < 1.29 is 9.53 Å². The second kappa shape index (κ2) is 6.75. The van der Waals surface area contributed by atoms with Gasteiger partial charge in [0.25, 0.3) is 0 Å². The molecule has 1 aromatic carbocycles. The summed E-state index contributed by atoms with van der Waals surface area (Å²) in [4.78, 5) is 16.1. The number of ether oxygens (including phenoxy) is 1. The number of hydrogen-bond donors (Lipinski definition) is 2. The number of fused-ring (bicyclic) bond motifs is 1. The third kappa shape index (κ3) is 4.10. The maximum absolute atomic E-state index is 11.9. The Morgan fingerprint density at radius 1 is 1.28 bits per heavy atom. The van der Waals surface area contributed by atoms with E-state index in [0.717, 1.165) is 35.7 Å². The molecular formula is C20H25N3O2. The smallest absolute Gasteiger partial charge is 0.407 e. The standard InChI is InChI=1S/C20H25N3O2/c1-20(2,3)25-19(24)23-14-6-4-13(5-7-14)15-8-9-18(21)17-12-22-11-10-16(15)17/h4,8-12,14H,5-7,21H2,1-3H3,(H,23,24). The lowest BCUT2D eigenvalue weighted by Gasteiger charge is -2.26. The molecule has 1 atom stereocenters. The van der Waals surface area contributed by atoms with Gasteiger partial charge in [-0.05, 0) is 68.7 Å². The van der Waals surface area contributed by atoms with Crippen LogP contribution in [0.2, 0.25) is 0 Å². The molecule has 0 radical (unpaired) electrons. The quantitative estimate of drug-likeness (QED) is 0.801. The molecule has 25 heavy (non-hydrogen) atoms. The Morgan fingerprint density at radius 2 is 2.08 bits per heavy atom. The van der Waals surface area contributed by atoms with Crippen LogP contribution in [0.25, 0.3) is 16.3 Å². The van der Waals surface area contributed by atoms with Crippen molar-refractivity contribution in [3.8, 4) is 0 Å². The monoisotopic (exact) mass is 339 g/mol. The van der Waals surface area contributed by atoms with Gasteiger partial charge in [-0.25, -0.2) is 4.79 Å². The van der Waals surface area contributed by atoms with E-state index in [2.05, 4.69) is 22.4 Å². The maximum atomic E-state index is 11.9. The number of rotatable bonds is 2. The van der Waals surface area contributed by atoms with Gasteiger partial charge in [-0.15, -0.1) is 0 Å². The number of alkyl carbamates (subject to hydrolysis) is 1. The number of carbonyl (C=O) groups is 1. The molecule has 5 heteroatoms.